The molecule has 0 bridgehead atoms. The average molecular weight is 283 g/mol. The fourth-order valence-electron chi connectivity index (χ4n) is 2.05. The summed E-state index contributed by atoms with van der Waals surface area (Å²) in [5, 5.41) is 0. The average Bonchev–Trinajstić information content (AvgIpc) is 2.37. The van der Waals surface area contributed by atoms with Gasteiger partial charge in [-0.1, -0.05) is 29.8 Å². The molecular formula is C15H13F4N. The minimum absolute atomic E-state index is 0.234. The van der Waals surface area contributed by atoms with Gasteiger partial charge < -0.3 is 5.73 Å². The van der Waals surface area contributed by atoms with E-state index in [0.717, 1.165) is 23.3 Å². The Morgan fingerprint density at radius 1 is 1.05 bits per heavy atom. The van der Waals surface area contributed by atoms with Crippen molar-refractivity contribution in [1.82, 2.24) is 0 Å². The fraction of sp³-hybridized carbons (Fsp3) is 0.200. The minimum atomic E-state index is -4.69. The molecule has 0 unspecified atom stereocenters. The molecule has 2 aromatic carbocycles. The van der Waals surface area contributed by atoms with E-state index in [1.54, 1.807) is 12.1 Å². The van der Waals surface area contributed by atoms with Gasteiger partial charge in [-0.25, -0.2) is 4.39 Å². The molecule has 0 heterocycles. The Morgan fingerprint density at radius 2 is 1.75 bits per heavy atom. The first-order chi connectivity index (χ1) is 9.32. The van der Waals surface area contributed by atoms with E-state index in [1.165, 1.54) is 6.07 Å². The molecule has 0 radical (unpaired) electrons. The lowest BCUT2D eigenvalue weighted by atomic mass is 9.96. The van der Waals surface area contributed by atoms with E-state index in [9.17, 15) is 17.6 Å². The van der Waals surface area contributed by atoms with Crippen molar-refractivity contribution in [2.75, 3.05) is 0 Å². The number of rotatable bonds is 2. The molecule has 0 aliphatic heterocycles. The molecule has 5 heteroatoms. The molecule has 2 rings (SSSR count). The topological polar surface area (TPSA) is 26.0 Å². The zero-order valence-corrected chi connectivity index (χ0v) is 10.8. The van der Waals surface area contributed by atoms with Gasteiger partial charge in [0, 0.05) is 6.54 Å². The van der Waals surface area contributed by atoms with Gasteiger partial charge in [0.2, 0.25) is 0 Å². The molecule has 0 aromatic heterocycles. The van der Waals surface area contributed by atoms with Crippen LogP contribution in [0.2, 0.25) is 0 Å². The van der Waals surface area contributed by atoms with Crippen molar-refractivity contribution >= 4 is 0 Å². The first kappa shape index (κ1) is 14.5. The predicted molar refractivity (Wildman–Crippen MR) is 69.5 cm³/mol. The number of benzene rings is 2. The lowest BCUT2D eigenvalue weighted by Gasteiger charge is -2.12. The van der Waals surface area contributed by atoms with Crippen LogP contribution in [0.15, 0.2) is 36.4 Å². The number of halogens is 4. The highest BCUT2D eigenvalue weighted by molar-refractivity contribution is 5.68. The second kappa shape index (κ2) is 5.25. The smallest absolute Gasteiger partial charge is 0.326 e. The van der Waals surface area contributed by atoms with Crippen LogP contribution in [0.5, 0.6) is 0 Å². The second-order valence-electron chi connectivity index (χ2n) is 4.56. The number of aryl methyl sites for hydroxylation is 1. The maximum atomic E-state index is 13.6. The van der Waals surface area contributed by atoms with Gasteiger partial charge >= 0.3 is 6.18 Å². The maximum Gasteiger partial charge on any atom is 0.419 e. The van der Waals surface area contributed by atoms with Crippen molar-refractivity contribution in [3.8, 4) is 11.1 Å². The summed E-state index contributed by atoms with van der Waals surface area (Å²) in [6, 6.07) is 8.35. The number of nitrogens with two attached hydrogens (primary N) is 1. The molecule has 0 saturated carbocycles. The highest BCUT2D eigenvalue weighted by atomic mass is 19.4. The van der Waals surface area contributed by atoms with Gasteiger partial charge in [0.05, 0.1) is 5.56 Å². The molecule has 1 nitrogen and oxygen atoms in total. The molecule has 0 saturated heterocycles. The van der Waals surface area contributed by atoms with Crippen molar-refractivity contribution < 1.29 is 17.6 Å². The summed E-state index contributed by atoms with van der Waals surface area (Å²) in [5.41, 5.74) is 7.07. The predicted octanol–water partition coefficient (Wildman–Crippen LogP) is 4.28. The number of alkyl halides is 3. The Morgan fingerprint density at radius 3 is 2.30 bits per heavy atom. The van der Waals surface area contributed by atoms with Crippen LogP contribution in [0.4, 0.5) is 17.6 Å². The molecule has 0 fully saturated rings. The molecule has 2 N–H and O–H groups in total. The third-order valence-electron chi connectivity index (χ3n) is 3.07. The van der Waals surface area contributed by atoms with Crippen LogP contribution in [-0.4, -0.2) is 0 Å². The van der Waals surface area contributed by atoms with Crippen LogP contribution >= 0.6 is 0 Å². The first-order valence-electron chi connectivity index (χ1n) is 5.99. The lowest BCUT2D eigenvalue weighted by Crippen LogP contribution is -2.08. The molecule has 0 aliphatic carbocycles. The highest BCUT2D eigenvalue weighted by Gasteiger charge is 2.34. The van der Waals surface area contributed by atoms with Gasteiger partial charge in [-0.2, -0.15) is 13.2 Å². The van der Waals surface area contributed by atoms with Crippen LogP contribution in [0.25, 0.3) is 11.1 Å². The van der Waals surface area contributed by atoms with Crippen LogP contribution in [0.3, 0.4) is 0 Å². The Balaban J connectivity index is 2.55. The van der Waals surface area contributed by atoms with Crippen molar-refractivity contribution in [2.24, 2.45) is 5.73 Å². The van der Waals surface area contributed by atoms with Crippen molar-refractivity contribution in [3.63, 3.8) is 0 Å². The third kappa shape index (κ3) is 2.82. The highest BCUT2D eigenvalue weighted by Crippen LogP contribution is 2.34. The molecule has 106 valence electrons. The van der Waals surface area contributed by atoms with Crippen LogP contribution in [0.1, 0.15) is 16.7 Å². The Bertz CT molecular complexity index is 632. The van der Waals surface area contributed by atoms with E-state index in [2.05, 4.69) is 0 Å². The summed E-state index contributed by atoms with van der Waals surface area (Å²) in [7, 11) is 0. The molecule has 0 spiro atoms. The lowest BCUT2D eigenvalue weighted by molar-refractivity contribution is -0.139. The third-order valence-corrected chi connectivity index (χ3v) is 3.07. The standard InChI is InChI=1S/C15H13F4N/c1-9-2-3-11(8-20)12(6-9)10-4-5-13(14(16)7-10)15(17,18)19/h2-7H,8,20H2,1H3. The molecule has 20 heavy (non-hydrogen) atoms. The van der Waals surface area contributed by atoms with Gasteiger partial charge in [0.25, 0.3) is 0 Å². The molecule has 0 amide bonds. The summed E-state index contributed by atoms with van der Waals surface area (Å²) < 4.78 is 51.2. The largest absolute Gasteiger partial charge is 0.419 e. The number of hydrogen-bond acceptors (Lipinski definition) is 1. The van der Waals surface area contributed by atoms with E-state index >= 15 is 0 Å². The molecule has 2 aromatic rings. The van der Waals surface area contributed by atoms with Crippen molar-refractivity contribution in [3.05, 3.63) is 58.9 Å². The first-order valence-corrected chi connectivity index (χ1v) is 5.99. The van der Waals surface area contributed by atoms with Gasteiger partial charge in [-0.05, 0) is 35.7 Å². The van der Waals surface area contributed by atoms with Gasteiger partial charge in [0.15, 0.2) is 0 Å². The molecule has 0 aliphatic rings. The van der Waals surface area contributed by atoms with E-state index in [-0.39, 0.29) is 6.54 Å². The van der Waals surface area contributed by atoms with E-state index in [1.807, 2.05) is 13.0 Å². The van der Waals surface area contributed by atoms with Crippen LogP contribution < -0.4 is 5.73 Å². The van der Waals surface area contributed by atoms with Crippen LogP contribution in [0, 0.1) is 12.7 Å². The SMILES string of the molecule is Cc1ccc(CN)c(-c2ccc(C(F)(F)F)c(F)c2)c1. The summed E-state index contributed by atoms with van der Waals surface area (Å²) in [6.45, 7) is 2.09. The number of hydrogen-bond donors (Lipinski definition) is 1. The van der Waals surface area contributed by atoms with Crippen molar-refractivity contribution in [1.29, 1.82) is 0 Å². The Hall–Kier alpha value is -1.88. The van der Waals surface area contributed by atoms with E-state index < -0.39 is 17.6 Å². The monoisotopic (exact) mass is 283 g/mol. The minimum Gasteiger partial charge on any atom is -0.326 e. The van der Waals surface area contributed by atoms with Gasteiger partial charge in [0.1, 0.15) is 5.82 Å². The summed E-state index contributed by atoms with van der Waals surface area (Å²) in [6.07, 6.45) is -4.69. The summed E-state index contributed by atoms with van der Waals surface area (Å²) in [5.74, 6) is -1.28. The quantitative estimate of drug-likeness (QED) is 0.818. The Labute approximate surface area is 114 Å². The maximum absolute atomic E-state index is 13.6. The van der Waals surface area contributed by atoms with E-state index in [0.29, 0.717) is 11.1 Å². The fourth-order valence-corrected chi connectivity index (χ4v) is 2.05. The zero-order chi connectivity index (χ0) is 14.9. The van der Waals surface area contributed by atoms with E-state index in [4.69, 9.17) is 5.73 Å². The van der Waals surface area contributed by atoms with Gasteiger partial charge in [-0.3, -0.25) is 0 Å². The molecule has 0 atom stereocenters. The summed E-state index contributed by atoms with van der Waals surface area (Å²) >= 11 is 0. The molecular weight excluding hydrogens is 270 g/mol. The second-order valence-corrected chi connectivity index (χ2v) is 4.56. The summed E-state index contributed by atoms with van der Waals surface area (Å²) in [4.78, 5) is 0. The van der Waals surface area contributed by atoms with Crippen molar-refractivity contribution in [2.45, 2.75) is 19.6 Å². The Kier molecular flexibility index (Phi) is 3.81. The van der Waals surface area contributed by atoms with Crippen LogP contribution in [-0.2, 0) is 12.7 Å². The van der Waals surface area contributed by atoms with Gasteiger partial charge in [-0.15, -0.1) is 0 Å². The zero-order valence-electron chi connectivity index (χ0n) is 10.8. The normalized spacial score (nSPS) is 11.7.